The first-order valence-corrected chi connectivity index (χ1v) is 10.6. The Morgan fingerprint density at radius 1 is 1.06 bits per heavy atom. The van der Waals surface area contributed by atoms with Crippen LogP contribution in [0.15, 0.2) is 48.5 Å². The summed E-state index contributed by atoms with van der Waals surface area (Å²) in [5.74, 6) is -1.24. The zero-order valence-corrected chi connectivity index (χ0v) is 17.4. The van der Waals surface area contributed by atoms with Crippen LogP contribution in [0, 0.1) is 0 Å². The van der Waals surface area contributed by atoms with Gasteiger partial charge in [-0.15, -0.1) is 0 Å². The number of amides is 2. The Balaban J connectivity index is 1.35. The van der Waals surface area contributed by atoms with Gasteiger partial charge in [-0.1, -0.05) is 48.5 Å². The van der Waals surface area contributed by atoms with Gasteiger partial charge in [-0.2, -0.15) is 0 Å². The van der Waals surface area contributed by atoms with Gasteiger partial charge in [0.25, 0.3) is 0 Å². The first kappa shape index (κ1) is 20.9. The smallest absolute Gasteiger partial charge is 0.408 e. The van der Waals surface area contributed by atoms with Crippen LogP contribution in [0.4, 0.5) is 4.79 Å². The molecule has 0 aliphatic heterocycles. The second-order valence-electron chi connectivity index (χ2n) is 8.34. The average Bonchev–Trinajstić information content (AvgIpc) is 3.46. The monoisotopic (exact) mass is 422 g/mol. The van der Waals surface area contributed by atoms with E-state index in [0.717, 1.165) is 22.3 Å². The lowest BCUT2D eigenvalue weighted by Gasteiger charge is -2.21. The average molecular weight is 422 g/mol. The third-order valence-electron chi connectivity index (χ3n) is 6.04. The van der Waals surface area contributed by atoms with Crippen LogP contribution >= 0.6 is 0 Å². The maximum absolute atomic E-state index is 12.6. The predicted octanol–water partition coefficient (Wildman–Crippen LogP) is 3.43. The maximum atomic E-state index is 12.6. The van der Waals surface area contributed by atoms with E-state index in [0.29, 0.717) is 19.3 Å². The number of hydrogen-bond acceptors (Lipinski definition) is 4. The Morgan fingerprint density at radius 3 is 2.19 bits per heavy atom. The molecule has 1 atom stereocenters. The van der Waals surface area contributed by atoms with Gasteiger partial charge in [-0.05, 0) is 48.4 Å². The summed E-state index contributed by atoms with van der Waals surface area (Å²) in [6, 6.07) is 15.9. The van der Waals surface area contributed by atoms with Crippen LogP contribution in [0.2, 0.25) is 0 Å². The summed E-state index contributed by atoms with van der Waals surface area (Å²) in [6.07, 6.45) is 0.771. The van der Waals surface area contributed by atoms with E-state index in [1.54, 1.807) is 6.92 Å². The summed E-state index contributed by atoms with van der Waals surface area (Å²) in [5.41, 5.74) is 3.60. The lowest BCUT2D eigenvalue weighted by Crippen LogP contribution is -2.51. The number of rotatable bonds is 8. The molecule has 0 bridgehead atoms. The number of carbonyl (C=O) groups is 3. The van der Waals surface area contributed by atoms with Crippen LogP contribution in [0.1, 0.15) is 49.7 Å². The summed E-state index contributed by atoms with van der Waals surface area (Å²) in [5, 5.41) is 14.3. The van der Waals surface area contributed by atoms with Crippen LogP contribution in [0.5, 0.6) is 0 Å². The summed E-state index contributed by atoms with van der Waals surface area (Å²) in [7, 11) is 0. The molecule has 31 heavy (non-hydrogen) atoms. The Hall–Kier alpha value is -3.35. The fraction of sp³-hybridized carbons (Fsp3) is 0.375. The molecule has 7 nitrogen and oxygen atoms in total. The minimum atomic E-state index is -0.958. The lowest BCUT2D eigenvalue weighted by molar-refractivity contribution is -0.137. The van der Waals surface area contributed by atoms with Crippen LogP contribution < -0.4 is 10.6 Å². The van der Waals surface area contributed by atoms with E-state index >= 15 is 0 Å². The molecular formula is C24H26N2O5. The van der Waals surface area contributed by atoms with Crippen molar-refractivity contribution in [3.63, 3.8) is 0 Å². The maximum Gasteiger partial charge on any atom is 0.408 e. The van der Waals surface area contributed by atoms with Crippen LogP contribution in [0.3, 0.4) is 0 Å². The van der Waals surface area contributed by atoms with Crippen molar-refractivity contribution >= 4 is 18.0 Å². The highest BCUT2D eigenvalue weighted by molar-refractivity contribution is 5.93. The molecule has 4 rings (SSSR count). The molecule has 7 heteroatoms. The molecule has 2 aliphatic carbocycles. The first-order valence-electron chi connectivity index (χ1n) is 10.6. The van der Waals surface area contributed by atoms with Gasteiger partial charge in [0.15, 0.2) is 0 Å². The number of nitrogens with one attached hydrogen (secondary N) is 2. The molecule has 3 N–H and O–H groups in total. The molecule has 162 valence electrons. The van der Waals surface area contributed by atoms with Gasteiger partial charge in [0.2, 0.25) is 5.91 Å². The number of ether oxygens (including phenoxy) is 1. The van der Waals surface area contributed by atoms with Crippen molar-refractivity contribution in [2.24, 2.45) is 0 Å². The third kappa shape index (κ3) is 4.40. The SMILES string of the molecule is CC(CCC(=O)O)NC(=O)C1(NC(=O)OCC2c3ccccc3-c3ccccc32)CC1. The molecule has 0 aromatic heterocycles. The lowest BCUT2D eigenvalue weighted by atomic mass is 9.98. The quantitative estimate of drug-likeness (QED) is 0.605. The molecule has 1 saturated carbocycles. The number of benzene rings is 2. The van der Waals surface area contributed by atoms with Gasteiger partial charge < -0.3 is 20.5 Å². The first-order chi connectivity index (χ1) is 14.9. The van der Waals surface area contributed by atoms with Crippen molar-refractivity contribution in [3.05, 3.63) is 59.7 Å². The predicted molar refractivity (Wildman–Crippen MR) is 115 cm³/mol. The highest BCUT2D eigenvalue weighted by Gasteiger charge is 2.52. The van der Waals surface area contributed by atoms with Gasteiger partial charge in [0.1, 0.15) is 12.1 Å². The second-order valence-corrected chi connectivity index (χ2v) is 8.34. The minimum absolute atomic E-state index is 0.0196. The van der Waals surface area contributed by atoms with Crippen molar-refractivity contribution in [1.82, 2.24) is 10.6 Å². The van der Waals surface area contributed by atoms with Crippen molar-refractivity contribution in [1.29, 1.82) is 0 Å². The molecule has 0 radical (unpaired) electrons. The number of aliphatic carboxylic acids is 1. The normalized spacial score (nSPS) is 16.5. The van der Waals surface area contributed by atoms with Crippen molar-refractivity contribution in [3.8, 4) is 11.1 Å². The molecule has 1 unspecified atom stereocenters. The number of carboxylic acids is 1. The topological polar surface area (TPSA) is 105 Å². The van der Waals surface area contributed by atoms with E-state index in [1.807, 2.05) is 24.3 Å². The summed E-state index contributed by atoms with van der Waals surface area (Å²) < 4.78 is 5.54. The molecule has 2 aromatic rings. The molecule has 2 aromatic carbocycles. The molecule has 0 saturated heterocycles. The summed E-state index contributed by atoms with van der Waals surface area (Å²) in [4.78, 5) is 35.8. The molecule has 1 fully saturated rings. The number of fused-ring (bicyclic) bond motifs is 3. The van der Waals surface area contributed by atoms with E-state index in [2.05, 4.69) is 34.9 Å². The van der Waals surface area contributed by atoms with Crippen LogP contribution in [0.25, 0.3) is 11.1 Å². The van der Waals surface area contributed by atoms with Gasteiger partial charge in [0.05, 0.1) is 0 Å². The van der Waals surface area contributed by atoms with Crippen LogP contribution in [-0.2, 0) is 14.3 Å². The molecule has 0 spiro atoms. The zero-order valence-electron chi connectivity index (χ0n) is 17.4. The fourth-order valence-corrected chi connectivity index (χ4v) is 4.14. The number of carboxylic acid groups (broad SMARTS) is 1. The summed E-state index contributed by atoms with van der Waals surface area (Å²) in [6.45, 7) is 1.94. The Labute approximate surface area is 180 Å². The van der Waals surface area contributed by atoms with E-state index < -0.39 is 17.6 Å². The van der Waals surface area contributed by atoms with E-state index in [1.165, 1.54) is 0 Å². The minimum Gasteiger partial charge on any atom is -0.481 e. The molecule has 2 amide bonds. The van der Waals surface area contributed by atoms with Crippen LogP contribution in [-0.4, -0.2) is 41.3 Å². The highest BCUT2D eigenvalue weighted by atomic mass is 16.5. The zero-order chi connectivity index (χ0) is 22.0. The van der Waals surface area contributed by atoms with E-state index in [-0.39, 0.29) is 30.9 Å². The fourth-order valence-electron chi connectivity index (χ4n) is 4.14. The number of hydrogen-bond donors (Lipinski definition) is 3. The molecule has 0 heterocycles. The van der Waals surface area contributed by atoms with Gasteiger partial charge in [0, 0.05) is 18.4 Å². The largest absolute Gasteiger partial charge is 0.481 e. The van der Waals surface area contributed by atoms with E-state index in [9.17, 15) is 14.4 Å². The van der Waals surface area contributed by atoms with Crippen molar-refractivity contribution in [2.75, 3.05) is 6.61 Å². The molecule has 2 aliphatic rings. The summed E-state index contributed by atoms with van der Waals surface area (Å²) >= 11 is 0. The standard InChI is InChI=1S/C24H26N2O5/c1-15(10-11-21(27)28)25-22(29)24(12-13-24)26-23(30)31-14-20-18-8-4-2-6-16(18)17-7-3-5-9-19(17)20/h2-9,15,20H,10-14H2,1H3,(H,25,29)(H,26,30)(H,27,28). The highest BCUT2D eigenvalue weighted by Crippen LogP contribution is 2.44. The number of alkyl carbamates (subject to hydrolysis) is 1. The molecular weight excluding hydrogens is 396 g/mol. The van der Waals surface area contributed by atoms with Gasteiger partial charge in [-0.3, -0.25) is 9.59 Å². The van der Waals surface area contributed by atoms with Gasteiger partial charge in [-0.25, -0.2) is 4.79 Å². The van der Waals surface area contributed by atoms with Crippen molar-refractivity contribution < 1.29 is 24.2 Å². The Morgan fingerprint density at radius 2 is 1.65 bits per heavy atom. The van der Waals surface area contributed by atoms with Crippen molar-refractivity contribution in [2.45, 2.75) is 50.1 Å². The Bertz CT molecular complexity index is 969. The number of carbonyl (C=O) groups excluding carboxylic acids is 2. The second kappa shape index (κ2) is 8.41. The van der Waals surface area contributed by atoms with Gasteiger partial charge >= 0.3 is 12.1 Å². The van der Waals surface area contributed by atoms with E-state index in [4.69, 9.17) is 9.84 Å². The Kier molecular flexibility index (Phi) is 5.67. The third-order valence-corrected chi connectivity index (χ3v) is 6.04.